The predicted octanol–water partition coefficient (Wildman–Crippen LogP) is 1.01. The van der Waals surface area contributed by atoms with Crippen LogP contribution in [0.2, 0.25) is 0 Å². The molecule has 0 aliphatic carbocycles. The summed E-state index contributed by atoms with van der Waals surface area (Å²) in [6, 6.07) is 7.62. The van der Waals surface area contributed by atoms with E-state index in [0.717, 1.165) is 0 Å². The van der Waals surface area contributed by atoms with E-state index in [4.69, 9.17) is 22.9 Å². The first kappa shape index (κ1) is 30.9. The molecule has 13 heteroatoms. The summed E-state index contributed by atoms with van der Waals surface area (Å²) in [5, 5.41) is 11.8. The molecule has 1 heterocycles. The highest BCUT2D eigenvalue weighted by Gasteiger charge is 2.31. The molecule has 0 saturated heterocycles. The van der Waals surface area contributed by atoms with Gasteiger partial charge in [-0.3, -0.25) is 19.2 Å². The predicted molar refractivity (Wildman–Crippen MR) is 158 cm³/mol. The lowest BCUT2D eigenvalue weighted by molar-refractivity contribution is -0.128. The molecular formula is C28H39N9O4. The number of carbonyl (C=O) groups is 4. The minimum atomic E-state index is -0.936. The van der Waals surface area contributed by atoms with E-state index in [1.54, 1.807) is 24.3 Å². The van der Waals surface area contributed by atoms with E-state index in [-0.39, 0.29) is 29.5 Å². The standard InChI is InChI=1S/C28H39N9O4/c1-3-15(2)23-27(41)35-21(6-4-5-11-29)26(40)36-22-12-16(24(30)38)7-8-17(22)14-33-20-10-9-18(34-28(31)32)13-19(20)25(39)37-23/h7-10,12-13,15,21,23,33H,3-6,11,14,29H2,1-2H3,(H2,30,38)(H,35,41)(H,36,40)(H,37,39)(H4,31,32,34). The molecule has 2 aromatic rings. The number of fused-ring (bicyclic) bond motifs is 2. The number of benzene rings is 2. The maximum atomic E-state index is 13.6. The lowest BCUT2D eigenvalue weighted by Gasteiger charge is -2.28. The number of hydrogen-bond acceptors (Lipinski definition) is 7. The zero-order valence-corrected chi connectivity index (χ0v) is 23.3. The number of nitrogens with zero attached hydrogens (tertiary/aromatic N) is 1. The zero-order valence-electron chi connectivity index (χ0n) is 23.3. The summed E-state index contributed by atoms with van der Waals surface area (Å²) in [6.07, 6.45) is 2.16. The summed E-state index contributed by atoms with van der Waals surface area (Å²) in [5.74, 6) is -2.58. The van der Waals surface area contributed by atoms with Crippen LogP contribution in [0.4, 0.5) is 17.1 Å². The molecule has 3 atom stereocenters. The Morgan fingerprint density at radius 3 is 2.41 bits per heavy atom. The van der Waals surface area contributed by atoms with Crippen LogP contribution in [0.15, 0.2) is 41.4 Å². The van der Waals surface area contributed by atoms with Crippen LogP contribution in [0.3, 0.4) is 0 Å². The summed E-state index contributed by atoms with van der Waals surface area (Å²) in [4.78, 5) is 56.6. The van der Waals surface area contributed by atoms with Crippen molar-refractivity contribution in [3.8, 4) is 0 Å². The molecule has 220 valence electrons. The largest absolute Gasteiger partial charge is 0.380 e. The Balaban J connectivity index is 2.13. The number of nitrogens with two attached hydrogens (primary N) is 4. The first-order chi connectivity index (χ1) is 19.5. The summed E-state index contributed by atoms with van der Waals surface area (Å²) >= 11 is 0. The Kier molecular flexibility index (Phi) is 10.6. The van der Waals surface area contributed by atoms with Crippen LogP contribution in [-0.2, 0) is 16.1 Å². The highest BCUT2D eigenvalue weighted by atomic mass is 16.2. The molecule has 1 aliphatic heterocycles. The molecule has 3 unspecified atom stereocenters. The van der Waals surface area contributed by atoms with Gasteiger partial charge in [-0.05, 0) is 67.6 Å². The van der Waals surface area contributed by atoms with E-state index < -0.39 is 35.7 Å². The molecule has 4 amide bonds. The molecule has 0 saturated carbocycles. The normalized spacial score (nSPS) is 18.3. The Labute approximate surface area is 238 Å². The fraction of sp³-hybridized carbons (Fsp3) is 0.393. The third kappa shape index (κ3) is 8.18. The van der Waals surface area contributed by atoms with Crippen LogP contribution in [0, 0.1) is 5.92 Å². The number of carbonyl (C=O) groups excluding carboxylic acids is 4. The molecule has 41 heavy (non-hydrogen) atoms. The average molecular weight is 566 g/mol. The van der Waals surface area contributed by atoms with Gasteiger partial charge in [-0.25, -0.2) is 4.99 Å². The van der Waals surface area contributed by atoms with Crippen molar-refractivity contribution in [1.82, 2.24) is 10.6 Å². The van der Waals surface area contributed by atoms with Gasteiger partial charge in [-0.2, -0.15) is 0 Å². The summed E-state index contributed by atoms with van der Waals surface area (Å²) in [7, 11) is 0. The Morgan fingerprint density at radius 1 is 1.00 bits per heavy atom. The van der Waals surface area contributed by atoms with E-state index in [1.807, 2.05) is 13.8 Å². The monoisotopic (exact) mass is 565 g/mol. The van der Waals surface area contributed by atoms with E-state index in [2.05, 4.69) is 26.3 Å². The smallest absolute Gasteiger partial charge is 0.254 e. The first-order valence-electron chi connectivity index (χ1n) is 13.6. The summed E-state index contributed by atoms with van der Waals surface area (Å²) < 4.78 is 0. The van der Waals surface area contributed by atoms with Crippen molar-refractivity contribution in [3.63, 3.8) is 0 Å². The Morgan fingerprint density at radius 2 is 1.76 bits per heavy atom. The molecular weight excluding hydrogens is 526 g/mol. The number of guanidine groups is 1. The number of aliphatic imine (C=N–C) groups is 1. The van der Waals surface area contributed by atoms with Crippen LogP contribution < -0.4 is 44.2 Å². The minimum absolute atomic E-state index is 0.174. The van der Waals surface area contributed by atoms with Crippen molar-refractivity contribution in [1.29, 1.82) is 0 Å². The van der Waals surface area contributed by atoms with Crippen LogP contribution in [0.25, 0.3) is 0 Å². The fourth-order valence-electron chi connectivity index (χ4n) is 4.45. The third-order valence-corrected chi connectivity index (χ3v) is 6.99. The first-order valence-corrected chi connectivity index (χ1v) is 13.6. The lowest BCUT2D eigenvalue weighted by Crippen LogP contribution is -2.55. The molecule has 13 nitrogen and oxygen atoms in total. The second-order valence-corrected chi connectivity index (χ2v) is 10.0. The summed E-state index contributed by atoms with van der Waals surface area (Å²) in [6.45, 7) is 4.36. The van der Waals surface area contributed by atoms with E-state index in [0.29, 0.717) is 54.9 Å². The highest BCUT2D eigenvalue weighted by Crippen LogP contribution is 2.26. The van der Waals surface area contributed by atoms with Gasteiger partial charge < -0.3 is 44.2 Å². The Bertz CT molecular complexity index is 1320. The van der Waals surface area contributed by atoms with Crippen LogP contribution in [0.1, 0.15) is 65.8 Å². The van der Waals surface area contributed by atoms with Gasteiger partial charge in [0.05, 0.1) is 11.3 Å². The molecule has 0 aromatic heterocycles. The van der Waals surface area contributed by atoms with Crippen molar-refractivity contribution in [2.24, 2.45) is 33.8 Å². The summed E-state index contributed by atoms with van der Waals surface area (Å²) in [5.41, 5.74) is 24.4. The molecule has 12 N–H and O–H groups in total. The van der Waals surface area contributed by atoms with Crippen LogP contribution in [-0.4, -0.2) is 48.2 Å². The second-order valence-electron chi connectivity index (χ2n) is 10.0. The number of rotatable bonds is 8. The van der Waals surface area contributed by atoms with Crippen molar-refractivity contribution in [2.45, 2.75) is 58.2 Å². The highest BCUT2D eigenvalue weighted by molar-refractivity contribution is 6.04. The average Bonchev–Trinajstić information content (AvgIpc) is 2.93. The number of amides is 4. The number of primary amides is 1. The maximum absolute atomic E-state index is 13.6. The van der Waals surface area contributed by atoms with Gasteiger partial charge in [0.2, 0.25) is 17.7 Å². The molecule has 2 aromatic carbocycles. The van der Waals surface area contributed by atoms with Crippen LogP contribution in [0.5, 0.6) is 0 Å². The number of nitrogens with one attached hydrogen (secondary N) is 4. The van der Waals surface area contributed by atoms with Gasteiger partial charge in [-0.1, -0.05) is 26.3 Å². The van der Waals surface area contributed by atoms with Gasteiger partial charge >= 0.3 is 0 Å². The number of anilines is 2. The van der Waals surface area contributed by atoms with E-state index >= 15 is 0 Å². The zero-order chi connectivity index (χ0) is 30.1. The van der Waals surface area contributed by atoms with Crippen molar-refractivity contribution >= 4 is 46.7 Å². The SMILES string of the molecule is CCC(C)C1NC(=O)c2cc(N=C(N)N)ccc2NCc2ccc(C(N)=O)cc2NC(=O)C(CCCCN)NC1=O. The molecule has 0 fully saturated rings. The molecule has 0 radical (unpaired) electrons. The van der Waals surface area contributed by atoms with Gasteiger partial charge in [0, 0.05) is 23.5 Å². The number of hydrogen-bond donors (Lipinski definition) is 8. The molecule has 0 bridgehead atoms. The van der Waals surface area contributed by atoms with Crippen molar-refractivity contribution in [3.05, 3.63) is 53.1 Å². The Hall–Kier alpha value is -4.65. The van der Waals surface area contributed by atoms with Crippen LogP contribution >= 0.6 is 0 Å². The van der Waals surface area contributed by atoms with E-state index in [1.165, 1.54) is 12.1 Å². The van der Waals surface area contributed by atoms with Gasteiger partial charge in [-0.15, -0.1) is 0 Å². The minimum Gasteiger partial charge on any atom is -0.380 e. The fourth-order valence-corrected chi connectivity index (χ4v) is 4.45. The molecule has 1 aliphatic rings. The second kappa shape index (κ2) is 14.1. The maximum Gasteiger partial charge on any atom is 0.254 e. The molecule has 3 rings (SSSR count). The van der Waals surface area contributed by atoms with E-state index in [9.17, 15) is 19.2 Å². The van der Waals surface area contributed by atoms with Crippen molar-refractivity contribution in [2.75, 3.05) is 17.2 Å². The molecule has 0 spiro atoms. The topological polar surface area (TPSA) is 233 Å². The third-order valence-electron chi connectivity index (χ3n) is 6.99. The number of unbranched alkanes of at least 4 members (excludes halogenated alkanes) is 1. The van der Waals surface area contributed by atoms with Crippen molar-refractivity contribution < 1.29 is 19.2 Å². The van der Waals surface area contributed by atoms with Gasteiger partial charge in [0.1, 0.15) is 12.1 Å². The van der Waals surface area contributed by atoms with Gasteiger partial charge in [0.15, 0.2) is 5.96 Å². The quantitative estimate of drug-likeness (QED) is 0.130. The lowest BCUT2D eigenvalue weighted by atomic mass is 9.96. The van der Waals surface area contributed by atoms with Gasteiger partial charge in [0.25, 0.3) is 5.91 Å².